The molecule has 0 aromatic heterocycles. The molecule has 0 radical (unpaired) electrons. The minimum absolute atomic E-state index is 0.0333. The van der Waals surface area contributed by atoms with Gasteiger partial charge in [0.25, 0.3) is 0 Å². The SMILES string of the molecule is C[C@@H]1C[C@@H](c2ccc(C(=O)O)c(C(=O)O)c2[C@@H]2C[C@@H](C)CC(C)(C)C2)CC(C)(C)C1. The first-order chi connectivity index (χ1) is 13.8. The lowest BCUT2D eigenvalue weighted by Crippen LogP contribution is -2.31. The summed E-state index contributed by atoms with van der Waals surface area (Å²) in [5.74, 6) is -0.835. The second kappa shape index (κ2) is 8.01. The third-order valence-corrected chi connectivity index (χ3v) is 7.35. The largest absolute Gasteiger partial charge is 0.478 e. The van der Waals surface area contributed by atoms with Crippen LogP contribution in [0.5, 0.6) is 0 Å². The van der Waals surface area contributed by atoms with Crippen LogP contribution in [0.1, 0.15) is 124 Å². The van der Waals surface area contributed by atoms with E-state index in [4.69, 9.17) is 0 Å². The molecule has 4 heteroatoms. The van der Waals surface area contributed by atoms with Crippen molar-refractivity contribution >= 4 is 11.9 Å². The van der Waals surface area contributed by atoms with Gasteiger partial charge in [-0.25, -0.2) is 9.59 Å². The first-order valence-electron chi connectivity index (χ1n) is 11.4. The van der Waals surface area contributed by atoms with Crippen molar-refractivity contribution in [3.05, 3.63) is 34.4 Å². The van der Waals surface area contributed by atoms with Crippen LogP contribution in [0.3, 0.4) is 0 Å². The van der Waals surface area contributed by atoms with Crippen molar-refractivity contribution in [2.24, 2.45) is 22.7 Å². The van der Waals surface area contributed by atoms with E-state index in [2.05, 4.69) is 41.5 Å². The minimum atomic E-state index is -1.15. The molecule has 30 heavy (non-hydrogen) atoms. The average molecular weight is 415 g/mol. The van der Waals surface area contributed by atoms with E-state index in [-0.39, 0.29) is 33.8 Å². The van der Waals surface area contributed by atoms with E-state index in [0.29, 0.717) is 11.8 Å². The summed E-state index contributed by atoms with van der Waals surface area (Å²) in [4.78, 5) is 24.3. The molecular weight excluding hydrogens is 376 g/mol. The molecule has 0 saturated heterocycles. The van der Waals surface area contributed by atoms with Crippen molar-refractivity contribution in [2.75, 3.05) is 0 Å². The Labute approximate surface area is 181 Å². The number of aromatic carboxylic acids is 2. The Bertz CT molecular complexity index is 836. The van der Waals surface area contributed by atoms with Crippen LogP contribution in [0, 0.1) is 22.7 Å². The standard InChI is InChI=1S/C26H38O4/c1-15-9-17(13-25(3,4)11-15)19-7-8-20(23(27)28)22(24(29)30)21(19)18-10-16(2)12-26(5,6)14-18/h7-8,15-18H,9-14H2,1-6H3,(H,27,28)(H,29,30)/t15-,16-,17-,18-/m1/s1. The molecule has 0 aliphatic heterocycles. The van der Waals surface area contributed by atoms with E-state index in [1.807, 2.05) is 6.07 Å². The molecule has 0 bridgehead atoms. The number of rotatable bonds is 4. The van der Waals surface area contributed by atoms with Crippen molar-refractivity contribution in [2.45, 2.75) is 91.9 Å². The quantitative estimate of drug-likeness (QED) is 0.559. The molecule has 1 aromatic rings. The van der Waals surface area contributed by atoms with Crippen LogP contribution in [-0.2, 0) is 0 Å². The van der Waals surface area contributed by atoms with E-state index in [1.165, 1.54) is 12.5 Å². The summed E-state index contributed by atoms with van der Waals surface area (Å²) < 4.78 is 0. The van der Waals surface area contributed by atoms with Gasteiger partial charge in [0.05, 0.1) is 11.1 Å². The van der Waals surface area contributed by atoms with Gasteiger partial charge in [0.2, 0.25) is 0 Å². The highest BCUT2D eigenvalue weighted by Crippen LogP contribution is 2.52. The molecule has 2 N–H and O–H groups in total. The van der Waals surface area contributed by atoms with Crippen molar-refractivity contribution < 1.29 is 19.8 Å². The lowest BCUT2D eigenvalue weighted by atomic mass is 9.61. The van der Waals surface area contributed by atoms with Gasteiger partial charge in [-0.2, -0.15) is 0 Å². The smallest absolute Gasteiger partial charge is 0.336 e. The molecule has 166 valence electrons. The topological polar surface area (TPSA) is 74.6 Å². The van der Waals surface area contributed by atoms with Crippen LogP contribution >= 0.6 is 0 Å². The van der Waals surface area contributed by atoms with Crippen molar-refractivity contribution in [3.8, 4) is 0 Å². The van der Waals surface area contributed by atoms with E-state index < -0.39 is 11.9 Å². The summed E-state index contributed by atoms with van der Waals surface area (Å²) in [7, 11) is 0. The van der Waals surface area contributed by atoms with Gasteiger partial charge in [0.1, 0.15) is 0 Å². The number of carbonyl (C=O) groups is 2. The highest BCUT2D eigenvalue weighted by Gasteiger charge is 2.40. The van der Waals surface area contributed by atoms with Gasteiger partial charge in [0.15, 0.2) is 0 Å². The molecule has 2 aliphatic carbocycles. The van der Waals surface area contributed by atoms with Crippen LogP contribution in [0.4, 0.5) is 0 Å². The maximum Gasteiger partial charge on any atom is 0.336 e. The number of hydrogen-bond donors (Lipinski definition) is 2. The van der Waals surface area contributed by atoms with Gasteiger partial charge in [-0.3, -0.25) is 0 Å². The predicted molar refractivity (Wildman–Crippen MR) is 119 cm³/mol. The summed E-state index contributed by atoms with van der Waals surface area (Å²) in [6.07, 6.45) is 6.17. The van der Waals surface area contributed by atoms with Crippen molar-refractivity contribution in [1.29, 1.82) is 0 Å². The fourth-order valence-electron chi connectivity index (χ4n) is 6.99. The maximum atomic E-state index is 12.4. The molecule has 4 nitrogen and oxygen atoms in total. The first kappa shape index (κ1) is 22.8. The van der Waals surface area contributed by atoms with Crippen molar-refractivity contribution in [1.82, 2.24) is 0 Å². The summed E-state index contributed by atoms with van der Waals surface area (Å²) in [6, 6.07) is 3.48. The monoisotopic (exact) mass is 414 g/mol. The second-order valence-corrected chi connectivity index (χ2v) is 11.8. The summed E-state index contributed by atoms with van der Waals surface area (Å²) in [6.45, 7) is 13.6. The Morgan fingerprint density at radius 1 is 0.800 bits per heavy atom. The second-order valence-electron chi connectivity index (χ2n) is 11.8. The normalized spacial score (nSPS) is 30.6. The molecule has 0 amide bonds. The molecule has 0 unspecified atom stereocenters. The zero-order valence-corrected chi connectivity index (χ0v) is 19.4. The molecule has 2 fully saturated rings. The molecule has 4 atom stereocenters. The van der Waals surface area contributed by atoms with Gasteiger partial charge in [-0.15, -0.1) is 0 Å². The number of carboxylic acid groups (broad SMARTS) is 2. The van der Waals surface area contributed by atoms with Crippen LogP contribution in [0.15, 0.2) is 12.1 Å². The summed E-state index contributed by atoms with van der Waals surface area (Å²) in [5, 5.41) is 19.9. The molecule has 1 aromatic carbocycles. The van der Waals surface area contributed by atoms with Crippen LogP contribution in [0.25, 0.3) is 0 Å². The van der Waals surface area contributed by atoms with Crippen molar-refractivity contribution in [3.63, 3.8) is 0 Å². The Morgan fingerprint density at radius 2 is 1.30 bits per heavy atom. The van der Waals surface area contributed by atoms with Gasteiger partial charge in [-0.1, -0.05) is 47.6 Å². The molecule has 3 rings (SSSR count). The van der Waals surface area contributed by atoms with Gasteiger partial charge >= 0.3 is 11.9 Å². The van der Waals surface area contributed by atoms with E-state index in [9.17, 15) is 19.8 Å². The fraction of sp³-hybridized carbons (Fsp3) is 0.692. The third-order valence-electron chi connectivity index (χ3n) is 7.35. The number of carboxylic acids is 2. The lowest BCUT2D eigenvalue weighted by Gasteiger charge is -2.43. The first-order valence-corrected chi connectivity index (χ1v) is 11.4. The Balaban J connectivity index is 2.21. The van der Waals surface area contributed by atoms with E-state index >= 15 is 0 Å². The highest BCUT2D eigenvalue weighted by molar-refractivity contribution is 6.03. The Kier molecular flexibility index (Phi) is 6.10. The molecule has 2 aliphatic rings. The average Bonchev–Trinajstić information content (AvgIpc) is 2.56. The third kappa shape index (κ3) is 4.73. The van der Waals surface area contributed by atoms with Crippen LogP contribution < -0.4 is 0 Å². The maximum absolute atomic E-state index is 12.4. The zero-order chi connectivity index (χ0) is 22.4. The van der Waals surface area contributed by atoms with Crippen LogP contribution in [-0.4, -0.2) is 22.2 Å². The van der Waals surface area contributed by atoms with Gasteiger partial charge in [-0.05, 0) is 90.2 Å². The molecule has 0 spiro atoms. The van der Waals surface area contributed by atoms with Crippen LogP contribution in [0.2, 0.25) is 0 Å². The van der Waals surface area contributed by atoms with Gasteiger partial charge < -0.3 is 10.2 Å². The number of benzene rings is 1. The Morgan fingerprint density at radius 3 is 1.77 bits per heavy atom. The molecule has 0 heterocycles. The number of hydrogen-bond acceptors (Lipinski definition) is 2. The highest BCUT2D eigenvalue weighted by atomic mass is 16.4. The van der Waals surface area contributed by atoms with E-state index in [1.54, 1.807) is 0 Å². The van der Waals surface area contributed by atoms with Gasteiger partial charge in [0, 0.05) is 0 Å². The summed E-state index contributed by atoms with van der Waals surface area (Å²) >= 11 is 0. The Hall–Kier alpha value is -1.84. The molecule has 2 saturated carbocycles. The predicted octanol–water partition coefficient (Wildman–Crippen LogP) is 6.94. The fourth-order valence-corrected chi connectivity index (χ4v) is 6.99. The minimum Gasteiger partial charge on any atom is -0.478 e. The summed E-state index contributed by atoms with van der Waals surface area (Å²) in [5.41, 5.74) is 2.19. The zero-order valence-electron chi connectivity index (χ0n) is 19.4. The molecular formula is C26H38O4. The van der Waals surface area contributed by atoms with E-state index in [0.717, 1.165) is 43.2 Å². The lowest BCUT2D eigenvalue weighted by molar-refractivity contribution is 0.0648.